The Morgan fingerprint density at radius 2 is 1.97 bits per heavy atom. The molecule has 9 nitrogen and oxygen atoms in total. The number of carbonyl (C=O) groups excluding carboxylic acids is 1. The lowest BCUT2D eigenvalue weighted by Gasteiger charge is -2.32. The van der Waals surface area contributed by atoms with Crippen molar-refractivity contribution in [2.75, 3.05) is 27.1 Å². The van der Waals surface area contributed by atoms with Crippen molar-refractivity contribution in [3.05, 3.63) is 18.1 Å². The summed E-state index contributed by atoms with van der Waals surface area (Å²) in [6.07, 6.45) is 7.93. The van der Waals surface area contributed by atoms with Crippen molar-refractivity contribution in [2.24, 2.45) is 5.41 Å². The van der Waals surface area contributed by atoms with E-state index < -0.39 is 15.4 Å². The van der Waals surface area contributed by atoms with Gasteiger partial charge in [-0.2, -0.15) is 4.98 Å². The molecule has 0 unspecified atom stereocenters. The minimum atomic E-state index is -3.33. The van der Waals surface area contributed by atoms with Gasteiger partial charge in [0.2, 0.25) is 15.9 Å². The first-order valence-electron chi connectivity index (χ1n) is 10.3. The van der Waals surface area contributed by atoms with Gasteiger partial charge in [0.15, 0.2) is 0 Å². The van der Waals surface area contributed by atoms with Crippen molar-refractivity contribution in [1.29, 1.82) is 0 Å². The number of ether oxygens (including phenoxy) is 3. The lowest BCUT2D eigenvalue weighted by molar-refractivity contribution is -0.158. The molecule has 2 aliphatic rings. The molecule has 0 aliphatic heterocycles. The smallest absolute Gasteiger partial charge is 0.314 e. The average Bonchev–Trinajstić information content (AvgIpc) is 3.14. The molecule has 1 aromatic rings. The molecule has 2 saturated carbocycles. The normalized spacial score (nSPS) is 29.5. The van der Waals surface area contributed by atoms with Crippen LogP contribution in [0.5, 0.6) is 5.88 Å². The second kappa shape index (κ2) is 9.57. The van der Waals surface area contributed by atoms with Crippen LogP contribution in [0, 0.1) is 5.41 Å². The van der Waals surface area contributed by atoms with Gasteiger partial charge in [-0.15, -0.1) is 0 Å². The number of methoxy groups -OCH3 is 2. The number of nitrogens with one attached hydrogen (secondary N) is 1. The summed E-state index contributed by atoms with van der Waals surface area (Å²) in [4.78, 5) is 21.3. The summed E-state index contributed by atoms with van der Waals surface area (Å²) in [5.74, 6) is 1.30. The third-order valence-corrected chi connectivity index (χ3v) is 6.86. The highest BCUT2D eigenvalue weighted by Crippen LogP contribution is 2.41. The van der Waals surface area contributed by atoms with Crippen LogP contribution < -0.4 is 9.46 Å². The van der Waals surface area contributed by atoms with E-state index in [4.69, 9.17) is 14.2 Å². The third-order valence-electron chi connectivity index (χ3n) is 6.10. The van der Waals surface area contributed by atoms with E-state index in [1.165, 1.54) is 7.11 Å². The number of sulfonamides is 1. The molecule has 2 atom stereocenters. The number of carbonyl (C=O) groups is 1. The zero-order valence-electron chi connectivity index (χ0n) is 17.8. The Morgan fingerprint density at radius 1 is 1.23 bits per heavy atom. The molecular weight excluding hydrogens is 410 g/mol. The highest BCUT2D eigenvalue weighted by molar-refractivity contribution is 7.88. The fraction of sp³-hybridized carbons (Fsp3) is 0.750. The lowest BCUT2D eigenvalue weighted by atomic mass is 9.85. The number of aromatic nitrogens is 2. The van der Waals surface area contributed by atoms with Crippen molar-refractivity contribution < 1.29 is 27.4 Å². The maximum atomic E-state index is 12.5. The maximum Gasteiger partial charge on any atom is 0.314 e. The molecule has 30 heavy (non-hydrogen) atoms. The van der Waals surface area contributed by atoms with Crippen LogP contribution in [0.4, 0.5) is 0 Å². The van der Waals surface area contributed by atoms with Crippen LogP contribution in [0.3, 0.4) is 0 Å². The molecule has 0 aromatic carbocycles. The zero-order chi connectivity index (χ0) is 21.8. The van der Waals surface area contributed by atoms with Gasteiger partial charge in [-0.25, -0.2) is 18.1 Å². The first-order chi connectivity index (χ1) is 14.2. The van der Waals surface area contributed by atoms with Gasteiger partial charge in [-0.05, 0) is 44.9 Å². The van der Waals surface area contributed by atoms with E-state index in [1.54, 1.807) is 19.4 Å². The Bertz CT molecular complexity index is 841. The highest BCUT2D eigenvalue weighted by atomic mass is 32.2. The SMILES string of the molecule is COC(=O)[C@@]1(CO[C@H]2CC[C@@H](c3nccc(OC)n3)CC2)CC[C@H](NS(C)(=O)=O)C1. The van der Waals surface area contributed by atoms with Crippen molar-refractivity contribution in [3.63, 3.8) is 0 Å². The van der Waals surface area contributed by atoms with Crippen molar-refractivity contribution in [1.82, 2.24) is 14.7 Å². The van der Waals surface area contributed by atoms with Gasteiger partial charge in [0, 0.05) is 24.2 Å². The van der Waals surface area contributed by atoms with E-state index in [0.29, 0.717) is 25.1 Å². The van der Waals surface area contributed by atoms with E-state index in [0.717, 1.165) is 37.8 Å². The van der Waals surface area contributed by atoms with Crippen LogP contribution in [-0.4, -0.2) is 63.6 Å². The standard InChI is InChI=1S/C20H31N3O6S/c1-27-17-9-11-21-18(22-17)14-4-6-16(7-5-14)29-13-20(19(24)28-2)10-8-15(12-20)23-30(3,25)26/h9,11,14-16,23H,4-8,10,12-13H2,1-3H3/t14-,15-,16+,20-/m0/s1. The molecule has 1 N–H and O–H groups in total. The third kappa shape index (κ3) is 5.67. The van der Waals surface area contributed by atoms with Crippen molar-refractivity contribution in [3.8, 4) is 5.88 Å². The fourth-order valence-electron chi connectivity index (χ4n) is 4.55. The monoisotopic (exact) mass is 441 g/mol. The summed E-state index contributed by atoms with van der Waals surface area (Å²) in [7, 11) is -0.375. The number of rotatable bonds is 8. The zero-order valence-corrected chi connectivity index (χ0v) is 18.6. The van der Waals surface area contributed by atoms with Gasteiger partial charge in [0.1, 0.15) is 5.82 Å². The second-order valence-corrected chi connectivity index (χ2v) is 10.1. The Balaban J connectivity index is 1.55. The predicted molar refractivity (Wildman–Crippen MR) is 110 cm³/mol. The average molecular weight is 442 g/mol. The lowest BCUT2D eigenvalue weighted by Crippen LogP contribution is -2.39. The number of nitrogens with zero attached hydrogens (tertiary/aromatic N) is 2. The topological polar surface area (TPSA) is 117 Å². The van der Waals surface area contributed by atoms with Gasteiger partial charge in [0.25, 0.3) is 0 Å². The summed E-state index contributed by atoms with van der Waals surface area (Å²) in [6.45, 7) is 0.243. The largest absolute Gasteiger partial charge is 0.481 e. The highest BCUT2D eigenvalue weighted by Gasteiger charge is 2.47. The van der Waals surface area contributed by atoms with Gasteiger partial charge < -0.3 is 14.2 Å². The Labute approximate surface area is 178 Å². The van der Waals surface area contributed by atoms with E-state index in [2.05, 4.69) is 14.7 Å². The van der Waals surface area contributed by atoms with Crippen LogP contribution in [0.1, 0.15) is 56.7 Å². The van der Waals surface area contributed by atoms with Crippen molar-refractivity contribution in [2.45, 2.75) is 63.0 Å². The van der Waals surface area contributed by atoms with Gasteiger partial charge in [-0.3, -0.25) is 4.79 Å². The molecule has 0 radical (unpaired) electrons. The number of hydrogen-bond donors (Lipinski definition) is 1. The molecule has 2 aliphatic carbocycles. The van der Waals surface area contributed by atoms with Gasteiger partial charge >= 0.3 is 5.97 Å². The number of esters is 1. The van der Waals surface area contributed by atoms with Gasteiger partial charge in [0.05, 0.1) is 38.6 Å². The van der Waals surface area contributed by atoms with Crippen LogP contribution in [0.2, 0.25) is 0 Å². The molecule has 10 heteroatoms. The Morgan fingerprint density at radius 3 is 2.60 bits per heavy atom. The Kier molecular flexibility index (Phi) is 7.30. The summed E-state index contributed by atoms with van der Waals surface area (Å²) >= 11 is 0. The summed E-state index contributed by atoms with van der Waals surface area (Å²) < 4.78 is 42.1. The molecular formula is C20H31N3O6S. The molecule has 0 amide bonds. The molecule has 0 saturated heterocycles. The van der Waals surface area contributed by atoms with E-state index in [1.807, 2.05) is 0 Å². The molecule has 1 heterocycles. The van der Waals surface area contributed by atoms with Crippen LogP contribution >= 0.6 is 0 Å². The molecule has 168 valence electrons. The second-order valence-electron chi connectivity index (χ2n) is 8.34. The van der Waals surface area contributed by atoms with Crippen molar-refractivity contribution >= 4 is 16.0 Å². The van der Waals surface area contributed by atoms with E-state index >= 15 is 0 Å². The van der Waals surface area contributed by atoms with Crippen LogP contribution in [-0.2, 0) is 24.3 Å². The van der Waals surface area contributed by atoms with Crippen LogP contribution in [0.15, 0.2) is 12.3 Å². The minimum absolute atomic E-state index is 0.0512. The molecule has 0 bridgehead atoms. The summed E-state index contributed by atoms with van der Waals surface area (Å²) in [5, 5.41) is 0. The molecule has 3 rings (SSSR count). The van der Waals surface area contributed by atoms with Gasteiger partial charge in [-0.1, -0.05) is 0 Å². The quantitative estimate of drug-likeness (QED) is 0.607. The number of hydrogen-bond acceptors (Lipinski definition) is 8. The fourth-order valence-corrected chi connectivity index (χ4v) is 5.36. The van der Waals surface area contributed by atoms with Crippen LogP contribution in [0.25, 0.3) is 0 Å². The Hall–Kier alpha value is -1.78. The first kappa shape index (κ1) is 22.9. The molecule has 1 aromatic heterocycles. The minimum Gasteiger partial charge on any atom is -0.481 e. The molecule has 0 spiro atoms. The van der Waals surface area contributed by atoms with E-state index in [-0.39, 0.29) is 30.6 Å². The summed E-state index contributed by atoms with van der Waals surface area (Å²) in [6, 6.07) is 1.46. The summed E-state index contributed by atoms with van der Waals surface area (Å²) in [5.41, 5.74) is -0.802. The van der Waals surface area contributed by atoms with E-state index in [9.17, 15) is 13.2 Å². The maximum absolute atomic E-state index is 12.5. The first-order valence-corrected chi connectivity index (χ1v) is 12.2. The molecule has 2 fully saturated rings. The predicted octanol–water partition coefficient (Wildman–Crippen LogP) is 1.79.